The van der Waals surface area contributed by atoms with Crippen molar-refractivity contribution in [3.05, 3.63) is 94.0 Å². The van der Waals surface area contributed by atoms with E-state index in [2.05, 4.69) is 62.6 Å². The largest absolute Gasteiger partial charge is 1.00 e. The molecule has 0 radical (unpaired) electrons. The number of ether oxygens (including phenoxy) is 9. The average molecular weight is 1170 g/mol. The summed E-state index contributed by atoms with van der Waals surface area (Å²) in [5, 5.41) is 0. The van der Waals surface area contributed by atoms with Crippen molar-refractivity contribution in [2.75, 3.05) is 104 Å². The van der Waals surface area contributed by atoms with Gasteiger partial charge in [-0.1, -0.05) is 37.8 Å². The number of methoxy groups -OCH3 is 8. The summed E-state index contributed by atoms with van der Waals surface area (Å²) in [4.78, 5) is 13.2. The number of rotatable bonds is 25. The molecule has 0 N–H and O–H groups in total. The zero-order valence-corrected chi connectivity index (χ0v) is 46.5. The molecular weight excluding hydrogens is 1090 g/mol. The van der Waals surface area contributed by atoms with Crippen molar-refractivity contribution in [1.29, 1.82) is 0 Å². The number of halogens is 2. The van der Waals surface area contributed by atoms with Gasteiger partial charge in [-0.05, 0) is 90.0 Å². The quantitative estimate of drug-likeness (QED) is 0.0424. The predicted octanol–water partition coefficient (Wildman–Crippen LogP) is 3.70. The maximum atomic E-state index is 13.2. The molecular formula is C54H76I2N2O10. The second kappa shape index (κ2) is 26.9. The van der Waals surface area contributed by atoms with Crippen molar-refractivity contribution < 1.29 is 104 Å². The first-order chi connectivity index (χ1) is 32.0. The number of carbonyl (C=O) groups excluding carboxylic acids is 1. The highest BCUT2D eigenvalue weighted by molar-refractivity contribution is 5.69. The third-order valence-electron chi connectivity index (χ3n) is 14.5. The van der Waals surface area contributed by atoms with Crippen LogP contribution in [0.5, 0.6) is 46.0 Å². The Morgan fingerprint density at radius 2 is 0.838 bits per heavy atom. The number of fused-ring (bicyclic) bond motifs is 2. The topological polar surface area (TPSA) is 100 Å². The van der Waals surface area contributed by atoms with Crippen LogP contribution in [0.15, 0.2) is 60.7 Å². The van der Waals surface area contributed by atoms with Crippen molar-refractivity contribution >= 4 is 5.97 Å². The molecule has 4 aromatic rings. The summed E-state index contributed by atoms with van der Waals surface area (Å²) in [7, 11) is 18.1. The predicted molar refractivity (Wildman–Crippen MR) is 258 cm³/mol. The minimum atomic E-state index is -0.128. The SMILES string of the molecule is COc1ccc(C[C@@H]2c3cc(OC)c(OC)cc3CC[N+]2(C)CCCCCCCCCOC(=O)CC[N+]2(C)CCc3cc(OC)c(OC)cc3[C@H]2Cc2ccc(OC)c(OC)c2)cc1OC.[I-].[I-]. The lowest BCUT2D eigenvalue weighted by Crippen LogP contribution is -3.00. The lowest BCUT2D eigenvalue weighted by molar-refractivity contribution is -0.941. The maximum Gasteiger partial charge on any atom is 0.311 e. The van der Waals surface area contributed by atoms with E-state index < -0.39 is 0 Å². The molecule has 4 atom stereocenters. The van der Waals surface area contributed by atoms with Gasteiger partial charge in [-0.3, -0.25) is 4.79 Å². The van der Waals surface area contributed by atoms with Gasteiger partial charge in [0.25, 0.3) is 0 Å². The van der Waals surface area contributed by atoms with Crippen LogP contribution in [-0.4, -0.2) is 119 Å². The van der Waals surface area contributed by atoms with Gasteiger partial charge < -0.3 is 99.6 Å². The first-order valence-corrected chi connectivity index (χ1v) is 23.7. The van der Waals surface area contributed by atoms with E-state index in [4.69, 9.17) is 42.6 Å². The summed E-state index contributed by atoms with van der Waals surface area (Å²) in [5.41, 5.74) is 7.49. The first kappa shape index (κ1) is 56.7. The molecule has 68 heavy (non-hydrogen) atoms. The van der Waals surface area contributed by atoms with Crippen LogP contribution in [0.3, 0.4) is 0 Å². The van der Waals surface area contributed by atoms with Gasteiger partial charge in [0, 0.05) is 36.8 Å². The van der Waals surface area contributed by atoms with E-state index in [1.165, 1.54) is 53.5 Å². The smallest absolute Gasteiger partial charge is 0.311 e. The Bertz CT molecular complexity index is 2240. The number of benzene rings is 4. The Morgan fingerprint density at radius 1 is 0.471 bits per heavy atom. The van der Waals surface area contributed by atoms with Crippen LogP contribution < -0.4 is 85.8 Å². The molecule has 2 unspecified atom stereocenters. The van der Waals surface area contributed by atoms with Crippen LogP contribution in [0.25, 0.3) is 0 Å². The summed E-state index contributed by atoms with van der Waals surface area (Å²) in [6.45, 7) is 4.20. The molecule has 2 aliphatic heterocycles. The highest BCUT2D eigenvalue weighted by Gasteiger charge is 2.42. The fourth-order valence-electron chi connectivity index (χ4n) is 10.4. The highest BCUT2D eigenvalue weighted by atomic mass is 127. The zero-order valence-electron chi connectivity index (χ0n) is 42.2. The Kier molecular flexibility index (Phi) is 22.5. The van der Waals surface area contributed by atoms with Crippen molar-refractivity contribution in [1.82, 2.24) is 0 Å². The Labute approximate surface area is 440 Å². The zero-order chi connectivity index (χ0) is 47.3. The number of nitrogens with zero attached hydrogens (tertiary/aromatic N) is 2. The van der Waals surface area contributed by atoms with Crippen LogP contribution in [0.4, 0.5) is 0 Å². The Balaban J connectivity index is 0.00000504. The van der Waals surface area contributed by atoms with E-state index in [1.807, 2.05) is 12.1 Å². The number of unbranched alkanes of at least 4 members (excludes halogenated alkanes) is 6. The van der Waals surface area contributed by atoms with Gasteiger partial charge in [-0.25, -0.2) is 0 Å². The normalized spacial score (nSPS) is 19.2. The highest BCUT2D eigenvalue weighted by Crippen LogP contribution is 2.45. The minimum Gasteiger partial charge on any atom is -1.00 e. The van der Waals surface area contributed by atoms with Crippen LogP contribution in [0.1, 0.15) is 96.8 Å². The van der Waals surface area contributed by atoms with E-state index >= 15 is 0 Å². The van der Waals surface area contributed by atoms with E-state index in [0.29, 0.717) is 41.3 Å². The first-order valence-electron chi connectivity index (χ1n) is 23.7. The lowest BCUT2D eigenvalue weighted by atomic mass is 9.86. The van der Waals surface area contributed by atoms with Gasteiger partial charge in [0.05, 0.1) is 110 Å². The van der Waals surface area contributed by atoms with Crippen LogP contribution >= 0.6 is 0 Å². The molecule has 2 heterocycles. The summed E-state index contributed by atoms with van der Waals surface area (Å²) >= 11 is 0. The molecule has 0 aromatic heterocycles. The van der Waals surface area contributed by atoms with Gasteiger partial charge in [-0.15, -0.1) is 0 Å². The van der Waals surface area contributed by atoms with Gasteiger partial charge in [0.1, 0.15) is 12.1 Å². The molecule has 0 amide bonds. The molecule has 2 aliphatic rings. The summed E-state index contributed by atoms with van der Waals surface area (Å²) in [6.07, 6.45) is 11.7. The van der Waals surface area contributed by atoms with Crippen LogP contribution in [0, 0.1) is 0 Å². The second-order valence-corrected chi connectivity index (χ2v) is 18.4. The molecule has 0 spiro atoms. The molecule has 376 valence electrons. The molecule has 6 rings (SSSR count). The Hall–Kier alpha value is -3.87. The van der Waals surface area contributed by atoms with Crippen molar-refractivity contribution in [2.24, 2.45) is 0 Å². The number of likely N-dealkylation sites (N-methyl/N-ethyl adjacent to an activating group) is 2. The average Bonchev–Trinajstić information content (AvgIpc) is 3.34. The molecule has 0 fully saturated rings. The van der Waals surface area contributed by atoms with Gasteiger partial charge in [-0.2, -0.15) is 0 Å². The number of esters is 1. The molecule has 12 nitrogen and oxygen atoms in total. The van der Waals surface area contributed by atoms with Crippen LogP contribution in [0.2, 0.25) is 0 Å². The molecule has 0 saturated heterocycles. The lowest BCUT2D eigenvalue weighted by Gasteiger charge is -2.46. The van der Waals surface area contributed by atoms with Gasteiger partial charge >= 0.3 is 5.97 Å². The van der Waals surface area contributed by atoms with E-state index in [0.717, 1.165) is 103 Å². The third kappa shape index (κ3) is 13.7. The standard InChI is InChI=1S/C54H76N2O10.2HI/c1-55(26-22-40-34-50(62-7)52(64-9)36-42(40)44(55)30-38-18-20-46(58-3)48(32-38)60-5)25-16-14-12-11-13-15-17-29-66-54(57)24-28-56(2)27-23-41-35-51(63-8)53(65-10)37-43(41)45(56)31-39-19-21-47(59-4)49(33-39)61-6;;/h18-21,32-37,44-45H,11-17,22-31H2,1-10H3;2*1H/q+2;;/p-2/t44-,45-,55?,56?;;/m1../s1. The molecule has 14 heteroatoms. The molecule has 0 saturated carbocycles. The molecule has 0 bridgehead atoms. The van der Waals surface area contributed by atoms with E-state index in [1.54, 1.807) is 56.9 Å². The third-order valence-corrected chi connectivity index (χ3v) is 14.5. The van der Waals surface area contributed by atoms with E-state index in [-0.39, 0.29) is 66.0 Å². The van der Waals surface area contributed by atoms with Crippen molar-refractivity contribution in [3.63, 3.8) is 0 Å². The van der Waals surface area contributed by atoms with Crippen molar-refractivity contribution in [3.8, 4) is 46.0 Å². The van der Waals surface area contributed by atoms with Gasteiger partial charge in [0.2, 0.25) is 0 Å². The molecule has 4 aromatic carbocycles. The molecule has 0 aliphatic carbocycles. The number of carbonyl (C=O) groups is 1. The van der Waals surface area contributed by atoms with Gasteiger partial charge in [0.15, 0.2) is 46.0 Å². The summed E-state index contributed by atoms with van der Waals surface area (Å²) < 4.78 is 52.8. The maximum absolute atomic E-state index is 13.2. The number of quaternary nitrogens is 2. The fourth-order valence-corrected chi connectivity index (χ4v) is 10.4. The second-order valence-electron chi connectivity index (χ2n) is 18.4. The summed E-state index contributed by atoms with van der Waals surface area (Å²) in [6, 6.07) is 21.3. The minimum absolute atomic E-state index is 0. The van der Waals surface area contributed by atoms with Crippen LogP contribution in [-0.2, 0) is 35.2 Å². The fraction of sp³-hybridized carbons (Fsp3) is 0.537. The summed E-state index contributed by atoms with van der Waals surface area (Å²) in [5.74, 6) is 5.77. The monoisotopic (exact) mass is 1170 g/mol. The van der Waals surface area contributed by atoms with E-state index in [9.17, 15) is 4.79 Å². The number of hydrogen-bond donors (Lipinski definition) is 0. The van der Waals surface area contributed by atoms with Crippen molar-refractivity contribution in [2.45, 2.75) is 89.1 Å². The Morgan fingerprint density at radius 3 is 1.26 bits per heavy atom. The number of hydrogen-bond acceptors (Lipinski definition) is 10.